The van der Waals surface area contributed by atoms with Gasteiger partial charge in [-0.15, -0.1) is 21.5 Å². The molecule has 2 aromatic heterocycles. The van der Waals surface area contributed by atoms with Crippen molar-refractivity contribution >= 4 is 27.0 Å². The first-order chi connectivity index (χ1) is 12.5. The Morgan fingerprint density at radius 3 is 2.38 bits per heavy atom. The van der Waals surface area contributed by atoms with Gasteiger partial charge in [-0.1, -0.05) is 19.1 Å². The summed E-state index contributed by atoms with van der Waals surface area (Å²) in [6.45, 7) is 4.50. The predicted octanol–water partition coefficient (Wildman–Crippen LogP) is 4.10. The summed E-state index contributed by atoms with van der Waals surface area (Å²) in [5, 5.41) is 8.18. The maximum Gasteiger partial charge on any atom is 0.271 e. The van der Waals surface area contributed by atoms with Crippen LogP contribution in [0.5, 0.6) is 5.88 Å². The number of ether oxygens (including phenoxy) is 1. The number of benzene rings is 1. The van der Waals surface area contributed by atoms with Gasteiger partial charge in [-0.25, -0.2) is 8.42 Å². The van der Waals surface area contributed by atoms with E-state index in [1.54, 1.807) is 42.5 Å². The summed E-state index contributed by atoms with van der Waals surface area (Å²) < 4.78 is 33.0. The number of aryl methyl sites for hydroxylation is 1. The van der Waals surface area contributed by atoms with Gasteiger partial charge >= 0.3 is 0 Å². The highest BCUT2D eigenvalue weighted by Crippen LogP contribution is 2.25. The minimum absolute atomic E-state index is 0.299. The van der Waals surface area contributed by atoms with E-state index in [2.05, 4.69) is 14.9 Å². The van der Waals surface area contributed by atoms with Crippen LogP contribution in [0.4, 0.5) is 5.69 Å². The predicted molar refractivity (Wildman–Crippen MR) is 103 cm³/mol. The summed E-state index contributed by atoms with van der Waals surface area (Å²) in [6.07, 6.45) is 0.909. The quantitative estimate of drug-likeness (QED) is 0.658. The van der Waals surface area contributed by atoms with Crippen LogP contribution in [0.3, 0.4) is 0 Å². The third-order valence-electron chi connectivity index (χ3n) is 3.51. The first-order valence-corrected chi connectivity index (χ1v) is 10.4. The number of aromatic nitrogens is 2. The minimum Gasteiger partial charge on any atom is -0.477 e. The molecule has 0 unspecified atom stereocenters. The highest BCUT2D eigenvalue weighted by molar-refractivity contribution is 7.94. The van der Waals surface area contributed by atoms with Crippen molar-refractivity contribution in [3.05, 3.63) is 53.4 Å². The van der Waals surface area contributed by atoms with Crippen molar-refractivity contribution in [1.82, 2.24) is 10.2 Å². The van der Waals surface area contributed by atoms with Gasteiger partial charge in [0.2, 0.25) is 5.88 Å². The Morgan fingerprint density at radius 1 is 1.04 bits per heavy atom. The second-order valence-electron chi connectivity index (χ2n) is 5.65. The molecule has 3 rings (SSSR count). The van der Waals surface area contributed by atoms with Crippen LogP contribution < -0.4 is 9.46 Å². The largest absolute Gasteiger partial charge is 0.477 e. The lowest BCUT2D eigenvalue weighted by Gasteiger charge is -2.07. The molecule has 0 saturated carbocycles. The van der Waals surface area contributed by atoms with E-state index in [4.69, 9.17) is 4.74 Å². The van der Waals surface area contributed by atoms with Crippen LogP contribution in [-0.2, 0) is 10.0 Å². The first kappa shape index (κ1) is 18.3. The van der Waals surface area contributed by atoms with Crippen molar-refractivity contribution in [3.8, 4) is 17.1 Å². The van der Waals surface area contributed by atoms with Crippen molar-refractivity contribution in [3.63, 3.8) is 0 Å². The van der Waals surface area contributed by atoms with Gasteiger partial charge in [0, 0.05) is 22.2 Å². The zero-order valence-corrected chi connectivity index (χ0v) is 16.1. The third-order valence-corrected chi connectivity index (χ3v) is 6.38. The van der Waals surface area contributed by atoms with E-state index in [0.717, 1.165) is 16.9 Å². The SMILES string of the molecule is CCCOc1ccc(-c2ccc(NS(=O)(=O)c3ccc(C)s3)cc2)nn1. The molecule has 0 bridgehead atoms. The van der Waals surface area contributed by atoms with Gasteiger partial charge in [0.1, 0.15) is 4.21 Å². The molecule has 0 radical (unpaired) electrons. The number of nitrogens with one attached hydrogen (secondary N) is 1. The summed E-state index contributed by atoms with van der Waals surface area (Å²) in [7, 11) is -3.56. The molecule has 0 aliphatic carbocycles. The Hall–Kier alpha value is -2.45. The fourth-order valence-corrected chi connectivity index (χ4v) is 4.57. The van der Waals surface area contributed by atoms with E-state index in [-0.39, 0.29) is 0 Å². The first-order valence-electron chi connectivity index (χ1n) is 8.14. The van der Waals surface area contributed by atoms with Crippen LogP contribution in [0.15, 0.2) is 52.7 Å². The molecule has 0 spiro atoms. The molecule has 6 nitrogen and oxygen atoms in total. The molecule has 1 N–H and O–H groups in total. The van der Waals surface area contributed by atoms with Gasteiger partial charge in [0.05, 0.1) is 12.3 Å². The van der Waals surface area contributed by atoms with Gasteiger partial charge in [-0.05, 0) is 43.7 Å². The van der Waals surface area contributed by atoms with Crippen LogP contribution in [0.25, 0.3) is 11.3 Å². The van der Waals surface area contributed by atoms with Crippen molar-refractivity contribution < 1.29 is 13.2 Å². The summed E-state index contributed by atoms with van der Waals surface area (Å²) in [6, 6.07) is 14.0. The molecule has 0 amide bonds. The standard InChI is InChI=1S/C18H19N3O3S2/c1-3-12-24-17-10-9-16(19-20-17)14-5-7-15(8-6-14)21-26(22,23)18-11-4-13(2)25-18/h4-11,21H,3,12H2,1-2H3. The van der Waals surface area contributed by atoms with E-state index in [1.807, 2.05) is 19.9 Å². The maximum atomic E-state index is 12.4. The van der Waals surface area contributed by atoms with Gasteiger partial charge in [0.15, 0.2) is 0 Å². The van der Waals surface area contributed by atoms with Crippen LogP contribution >= 0.6 is 11.3 Å². The van der Waals surface area contributed by atoms with Gasteiger partial charge in [0.25, 0.3) is 10.0 Å². The number of hydrogen-bond acceptors (Lipinski definition) is 6. The second kappa shape index (κ2) is 7.84. The summed E-state index contributed by atoms with van der Waals surface area (Å²) >= 11 is 1.24. The second-order valence-corrected chi connectivity index (χ2v) is 8.85. The molecule has 0 aliphatic rings. The van der Waals surface area contributed by atoms with Crippen molar-refractivity contribution in [2.45, 2.75) is 24.5 Å². The number of nitrogens with zero attached hydrogens (tertiary/aromatic N) is 2. The van der Waals surface area contributed by atoms with Crippen LogP contribution in [0.1, 0.15) is 18.2 Å². The van der Waals surface area contributed by atoms with Crippen molar-refractivity contribution in [2.24, 2.45) is 0 Å². The number of sulfonamides is 1. The summed E-state index contributed by atoms with van der Waals surface area (Å²) in [4.78, 5) is 0.950. The zero-order chi connectivity index (χ0) is 18.6. The van der Waals surface area contributed by atoms with Gasteiger partial charge in [-0.2, -0.15) is 0 Å². The molecule has 0 aliphatic heterocycles. The average Bonchev–Trinajstić information content (AvgIpc) is 3.08. The Balaban J connectivity index is 1.72. The topological polar surface area (TPSA) is 81.2 Å². The van der Waals surface area contributed by atoms with E-state index in [1.165, 1.54) is 11.3 Å². The molecule has 0 saturated heterocycles. The van der Waals surface area contributed by atoms with Gasteiger partial charge < -0.3 is 4.74 Å². The molecular weight excluding hydrogens is 370 g/mol. The number of thiophene rings is 1. The Labute approximate surface area is 156 Å². The highest BCUT2D eigenvalue weighted by Gasteiger charge is 2.16. The highest BCUT2D eigenvalue weighted by atomic mass is 32.2. The molecule has 3 aromatic rings. The molecular formula is C18H19N3O3S2. The summed E-state index contributed by atoms with van der Waals surface area (Å²) in [5.41, 5.74) is 2.03. The van der Waals surface area contributed by atoms with E-state index in [9.17, 15) is 8.42 Å². The molecule has 0 atom stereocenters. The molecule has 0 fully saturated rings. The minimum atomic E-state index is -3.56. The van der Waals surface area contributed by atoms with Crippen molar-refractivity contribution in [2.75, 3.05) is 11.3 Å². The Bertz CT molecular complexity index is 966. The van der Waals surface area contributed by atoms with Crippen LogP contribution in [0, 0.1) is 6.92 Å². The molecule has 8 heteroatoms. The lowest BCUT2D eigenvalue weighted by molar-refractivity contribution is 0.302. The van der Waals surface area contributed by atoms with E-state index >= 15 is 0 Å². The molecule has 2 heterocycles. The molecule has 136 valence electrons. The third kappa shape index (κ3) is 4.39. The van der Waals surface area contributed by atoms with Crippen LogP contribution in [0.2, 0.25) is 0 Å². The summed E-state index contributed by atoms with van der Waals surface area (Å²) in [5.74, 6) is 0.492. The lowest BCUT2D eigenvalue weighted by atomic mass is 10.1. The number of hydrogen-bond donors (Lipinski definition) is 1. The fraction of sp³-hybridized carbons (Fsp3) is 0.222. The normalized spacial score (nSPS) is 11.3. The number of anilines is 1. The lowest BCUT2D eigenvalue weighted by Crippen LogP contribution is -2.11. The molecule has 26 heavy (non-hydrogen) atoms. The Morgan fingerprint density at radius 2 is 1.81 bits per heavy atom. The van der Waals surface area contributed by atoms with E-state index < -0.39 is 10.0 Å². The van der Waals surface area contributed by atoms with Crippen molar-refractivity contribution in [1.29, 1.82) is 0 Å². The van der Waals surface area contributed by atoms with Crippen LogP contribution in [-0.4, -0.2) is 25.2 Å². The fourth-order valence-electron chi connectivity index (χ4n) is 2.23. The van der Waals surface area contributed by atoms with E-state index in [0.29, 0.717) is 28.1 Å². The zero-order valence-electron chi connectivity index (χ0n) is 14.5. The monoisotopic (exact) mass is 389 g/mol. The Kier molecular flexibility index (Phi) is 5.53. The average molecular weight is 390 g/mol. The smallest absolute Gasteiger partial charge is 0.271 e. The maximum absolute atomic E-state index is 12.4. The van der Waals surface area contributed by atoms with Gasteiger partial charge in [-0.3, -0.25) is 4.72 Å². The number of rotatable bonds is 7. The molecule has 1 aromatic carbocycles.